The number of amides is 1. The van der Waals surface area contributed by atoms with Crippen molar-refractivity contribution in [1.82, 2.24) is 5.32 Å². The van der Waals surface area contributed by atoms with Crippen LogP contribution in [-0.4, -0.2) is 20.9 Å². The summed E-state index contributed by atoms with van der Waals surface area (Å²) in [5, 5.41) is 3.61. The molecule has 2 heterocycles. The summed E-state index contributed by atoms with van der Waals surface area (Å²) in [5.74, 6) is -0.170. The molecule has 0 fully saturated rings. The number of furan rings is 1. The molecule has 0 spiro atoms. The molecule has 0 aliphatic carbocycles. The molecule has 3 rings (SSSR count). The van der Waals surface area contributed by atoms with E-state index in [0.717, 1.165) is 11.3 Å². The van der Waals surface area contributed by atoms with E-state index in [2.05, 4.69) is 5.32 Å². The van der Waals surface area contributed by atoms with Crippen molar-refractivity contribution in [3.8, 4) is 0 Å². The van der Waals surface area contributed by atoms with Crippen LogP contribution >= 0.6 is 22.9 Å². The molecular weight excluding hydrogens is 382 g/mol. The molecule has 5 nitrogen and oxygen atoms in total. The Morgan fingerprint density at radius 2 is 1.96 bits per heavy atom. The first kappa shape index (κ1) is 17.7. The van der Waals surface area contributed by atoms with Gasteiger partial charge >= 0.3 is 0 Å². The third-order valence-electron chi connectivity index (χ3n) is 3.58. The van der Waals surface area contributed by atoms with Gasteiger partial charge in [0.1, 0.15) is 15.2 Å². The summed E-state index contributed by atoms with van der Waals surface area (Å²) in [7, 11) is -3.69. The normalized spacial score (nSPS) is 12.7. The van der Waals surface area contributed by atoms with Gasteiger partial charge in [-0.15, -0.1) is 11.3 Å². The Kier molecular flexibility index (Phi) is 5.27. The molecule has 1 amide bonds. The molecule has 130 valence electrons. The number of sulfone groups is 1. The Morgan fingerprint density at radius 1 is 1.16 bits per heavy atom. The molecule has 0 bridgehead atoms. The second-order valence-electron chi connectivity index (χ2n) is 5.17. The summed E-state index contributed by atoms with van der Waals surface area (Å²) >= 11 is 7.13. The maximum atomic E-state index is 12.9. The first-order chi connectivity index (χ1) is 12.0. The quantitative estimate of drug-likeness (QED) is 0.685. The first-order valence-electron chi connectivity index (χ1n) is 7.33. The van der Waals surface area contributed by atoms with Crippen molar-refractivity contribution < 1.29 is 17.6 Å². The van der Waals surface area contributed by atoms with Gasteiger partial charge in [0.25, 0.3) is 5.91 Å². The summed E-state index contributed by atoms with van der Waals surface area (Å²) < 4.78 is 31.3. The molecule has 8 heteroatoms. The van der Waals surface area contributed by atoms with Crippen LogP contribution in [0.3, 0.4) is 0 Å². The van der Waals surface area contributed by atoms with Crippen molar-refractivity contribution in [3.63, 3.8) is 0 Å². The smallest absolute Gasteiger partial charge is 0.252 e. The summed E-state index contributed by atoms with van der Waals surface area (Å²) in [6.07, 6.45) is 1.40. The monoisotopic (exact) mass is 395 g/mol. The van der Waals surface area contributed by atoms with E-state index in [1.54, 1.807) is 47.8 Å². The van der Waals surface area contributed by atoms with Crippen molar-refractivity contribution in [2.45, 2.75) is 9.46 Å². The maximum absolute atomic E-state index is 12.9. The van der Waals surface area contributed by atoms with E-state index in [-0.39, 0.29) is 22.1 Å². The van der Waals surface area contributed by atoms with Crippen LogP contribution in [0.1, 0.15) is 21.4 Å². The zero-order valence-corrected chi connectivity index (χ0v) is 15.3. The molecule has 2 aromatic heterocycles. The number of carbonyl (C=O) groups excluding carboxylic acids is 1. The topological polar surface area (TPSA) is 76.4 Å². The lowest BCUT2D eigenvalue weighted by atomic mass is 10.2. The van der Waals surface area contributed by atoms with Gasteiger partial charge in [-0.1, -0.05) is 29.8 Å². The predicted molar refractivity (Wildman–Crippen MR) is 96.7 cm³/mol. The van der Waals surface area contributed by atoms with Gasteiger partial charge < -0.3 is 9.73 Å². The van der Waals surface area contributed by atoms with Gasteiger partial charge in [-0.3, -0.25) is 4.79 Å². The number of rotatable bonds is 6. The summed E-state index contributed by atoms with van der Waals surface area (Å²) in [6, 6.07) is 13.0. The average Bonchev–Trinajstić information content (AvgIpc) is 3.29. The Labute approximate surface area is 154 Å². The van der Waals surface area contributed by atoms with Gasteiger partial charge in [0.05, 0.1) is 16.8 Å². The van der Waals surface area contributed by atoms with E-state index < -0.39 is 21.0 Å². The standard InChI is InChI=1S/C17H14ClNO4S2/c18-13-6-2-1-5-12(13)17(20)19-11-15(14-7-3-9-23-14)25(21,22)16-8-4-10-24-16/h1-10,15H,11H2,(H,19,20). The predicted octanol–water partition coefficient (Wildman–Crippen LogP) is 3.94. The van der Waals surface area contributed by atoms with Crippen LogP contribution in [0.25, 0.3) is 0 Å². The van der Waals surface area contributed by atoms with Crippen molar-refractivity contribution in [2.24, 2.45) is 0 Å². The van der Waals surface area contributed by atoms with E-state index in [1.165, 1.54) is 12.3 Å². The van der Waals surface area contributed by atoms with Crippen molar-refractivity contribution >= 4 is 38.7 Å². The molecule has 0 aliphatic heterocycles. The molecule has 0 saturated heterocycles. The van der Waals surface area contributed by atoms with Crippen LogP contribution in [0, 0.1) is 0 Å². The van der Waals surface area contributed by atoms with Crippen molar-refractivity contribution in [2.75, 3.05) is 6.54 Å². The molecule has 1 unspecified atom stereocenters. The number of halogens is 1. The minimum Gasteiger partial charge on any atom is -0.468 e. The van der Waals surface area contributed by atoms with Crippen LogP contribution < -0.4 is 5.32 Å². The SMILES string of the molecule is O=C(NCC(c1ccco1)S(=O)(=O)c1cccs1)c1ccccc1Cl. The van der Waals surface area contributed by atoms with Crippen molar-refractivity contribution in [1.29, 1.82) is 0 Å². The fraction of sp³-hybridized carbons (Fsp3) is 0.118. The number of hydrogen-bond donors (Lipinski definition) is 1. The van der Waals surface area contributed by atoms with Crippen LogP contribution in [0.5, 0.6) is 0 Å². The first-order valence-corrected chi connectivity index (χ1v) is 10.1. The van der Waals surface area contributed by atoms with Crippen LogP contribution in [-0.2, 0) is 9.84 Å². The lowest BCUT2D eigenvalue weighted by Gasteiger charge is -2.16. The molecule has 0 aliphatic rings. The molecule has 1 N–H and O–H groups in total. The average molecular weight is 396 g/mol. The highest BCUT2D eigenvalue weighted by atomic mass is 35.5. The highest BCUT2D eigenvalue weighted by Gasteiger charge is 2.32. The largest absolute Gasteiger partial charge is 0.468 e. The van der Waals surface area contributed by atoms with Crippen LogP contribution in [0.2, 0.25) is 5.02 Å². The zero-order valence-electron chi connectivity index (χ0n) is 12.9. The van der Waals surface area contributed by atoms with Gasteiger partial charge in [-0.25, -0.2) is 8.42 Å². The summed E-state index contributed by atoms with van der Waals surface area (Å²) in [4.78, 5) is 12.3. The minimum atomic E-state index is -3.69. The third kappa shape index (κ3) is 3.78. The number of nitrogens with one attached hydrogen (secondary N) is 1. The molecule has 1 atom stereocenters. The fourth-order valence-electron chi connectivity index (χ4n) is 2.33. The Bertz CT molecular complexity index is 950. The van der Waals surface area contributed by atoms with Gasteiger partial charge in [-0.05, 0) is 35.7 Å². The molecule has 25 heavy (non-hydrogen) atoms. The summed E-state index contributed by atoms with van der Waals surface area (Å²) in [5.41, 5.74) is 0.288. The number of hydrogen-bond acceptors (Lipinski definition) is 5. The fourth-order valence-corrected chi connectivity index (χ4v) is 5.34. The highest BCUT2D eigenvalue weighted by molar-refractivity contribution is 7.93. The highest BCUT2D eigenvalue weighted by Crippen LogP contribution is 2.31. The van der Waals surface area contributed by atoms with Crippen LogP contribution in [0.15, 0.2) is 68.8 Å². The van der Waals surface area contributed by atoms with E-state index >= 15 is 0 Å². The van der Waals surface area contributed by atoms with E-state index in [9.17, 15) is 13.2 Å². The lowest BCUT2D eigenvalue weighted by Crippen LogP contribution is -2.31. The van der Waals surface area contributed by atoms with E-state index in [0.29, 0.717) is 5.02 Å². The maximum Gasteiger partial charge on any atom is 0.252 e. The molecular formula is C17H14ClNO4S2. The van der Waals surface area contributed by atoms with E-state index in [1.807, 2.05) is 0 Å². The number of thiophene rings is 1. The molecule has 0 saturated carbocycles. The molecule has 0 radical (unpaired) electrons. The van der Waals surface area contributed by atoms with Gasteiger partial charge in [0.15, 0.2) is 9.84 Å². The van der Waals surface area contributed by atoms with Gasteiger partial charge in [0.2, 0.25) is 0 Å². The van der Waals surface area contributed by atoms with Crippen molar-refractivity contribution in [3.05, 3.63) is 76.5 Å². The summed E-state index contributed by atoms with van der Waals surface area (Å²) in [6.45, 7) is -0.127. The van der Waals surface area contributed by atoms with Crippen LogP contribution in [0.4, 0.5) is 0 Å². The third-order valence-corrected chi connectivity index (χ3v) is 7.40. The Morgan fingerprint density at radius 3 is 2.60 bits per heavy atom. The Hall–Kier alpha value is -2.09. The lowest BCUT2D eigenvalue weighted by molar-refractivity contribution is 0.0953. The van der Waals surface area contributed by atoms with E-state index in [4.69, 9.17) is 16.0 Å². The Balaban J connectivity index is 1.85. The van der Waals surface area contributed by atoms with Gasteiger partial charge in [0, 0.05) is 6.54 Å². The van der Waals surface area contributed by atoms with Gasteiger partial charge in [-0.2, -0.15) is 0 Å². The number of benzene rings is 1. The second kappa shape index (κ2) is 7.43. The number of carbonyl (C=O) groups is 1. The second-order valence-corrected chi connectivity index (χ2v) is 8.88. The zero-order chi connectivity index (χ0) is 17.9. The molecule has 3 aromatic rings. The minimum absolute atomic E-state index is 0.127. The molecule has 1 aromatic carbocycles.